The summed E-state index contributed by atoms with van der Waals surface area (Å²) < 4.78 is 9.95. The van der Waals surface area contributed by atoms with E-state index >= 15 is 0 Å². The van der Waals surface area contributed by atoms with Gasteiger partial charge in [-0.25, -0.2) is 4.79 Å². The summed E-state index contributed by atoms with van der Waals surface area (Å²) in [6.45, 7) is 1.97. The lowest BCUT2D eigenvalue weighted by Crippen LogP contribution is -2.15. The number of non-ortho nitro benzene ring substituents is 1. The number of hydrogen-bond acceptors (Lipinski definition) is 8. The normalized spacial score (nSPS) is 10.5. The van der Waals surface area contributed by atoms with Gasteiger partial charge in [0.25, 0.3) is 11.6 Å². The standard InChI is InChI=1S/C20H18N4O6/c1-3-30-20(26)13-4-6-15(7-5-13)22-12-14(11-21)19(25)23-17-9-8-16(24(27)28)10-18(17)29-2/h4-10,12,22H,3H2,1-2H3,(H,23,25)/b14-12-. The molecule has 0 fully saturated rings. The molecule has 1 amide bonds. The maximum Gasteiger partial charge on any atom is 0.338 e. The van der Waals surface area contributed by atoms with E-state index in [1.165, 1.54) is 25.4 Å². The van der Waals surface area contributed by atoms with Crippen LogP contribution in [0.15, 0.2) is 54.2 Å². The molecular formula is C20H18N4O6. The summed E-state index contributed by atoms with van der Waals surface area (Å²) in [5, 5.41) is 25.4. The van der Waals surface area contributed by atoms with Crippen LogP contribution in [0, 0.1) is 21.4 Å². The third-order valence-corrected chi connectivity index (χ3v) is 3.79. The zero-order chi connectivity index (χ0) is 22.1. The molecule has 0 aromatic heterocycles. The number of carbonyl (C=O) groups is 2. The van der Waals surface area contributed by atoms with Gasteiger partial charge in [-0.05, 0) is 37.3 Å². The number of esters is 1. The molecular weight excluding hydrogens is 392 g/mol. The van der Waals surface area contributed by atoms with Crippen LogP contribution in [0.4, 0.5) is 17.1 Å². The number of nitrogens with one attached hydrogen (secondary N) is 2. The highest BCUT2D eigenvalue weighted by molar-refractivity contribution is 6.07. The third-order valence-electron chi connectivity index (χ3n) is 3.79. The number of nitrogens with zero attached hydrogens (tertiary/aromatic N) is 2. The Hall–Kier alpha value is -4.39. The molecule has 2 rings (SSSR count). The van der Waals surface area contributed by atoms with E-state index in [4.69, 9.17) is 9.47 Å². The van der Waals surface area contributed by atoms with Gasteiger partial charge in [-0.2, -0.15) is 5.26 Å². The average Bonchev–Trinajstić information content (AvgIpc) is 2.74. The van der Waals surface area contributed by atoms with E-state index in [0.29, 0.717) is 11.3 Å². The first kappa shape index (κ1) is 21.9. The van der Waals surface area contributed by atoms with Crippen molar-refractivity contribution < 1.29 is 24.0 Å². The topological polar surface area (TPSA) is 144 Å². The van der Waals surface area contributed by atoms with E-state index in [9.17, 15) is 25.0 Å². The Balaban J connectivity index is 2.11. The second kappa shape index (κ2) is 10.2. The summed E-state index contributed by atoms with van der Waals surface area (Å²) in [6.07, 6.45) is 1.20. The number of nitro groups is 1. The van der Waals surface area contributed by atoms with Gasteiger partial charge < -0.3 is 20.1 Å². The number of amides is 1. The smallest absolute Gasteiger partial charge is 0.338 e. The van der Waals surface area contributed by atoms with E-state index in [2.05, 4.69) is 10.6 Å². The lowest BCUT2D eigenvalue weighted by molar-refractivity contribution is -0.384. The van der Waals surface area contributed by atoms with Crippen molar-refractivity contribution in [1.82, 2.24) is 0 Å². The quantitative estimate of drug-likeness (QED) is 0.222. The number of nitro benzene ring substituents is 1. The minimum absolute atomic E-state index is 0.0809. The lowest BCUT2D eigenvalue weighted by Gasteiger charge is -2.10. The van der Waals surface area contributed by atoms with Gasteiger partial charge in [-0.3, -0.25) is 14.9 Å². The zero-order valence-electron chi connectivity index (χ0n) is 16.2. The fraction of sp³-hybridized carbons (Fsp3) is 0.150. The number of rotatable bonds is 8. The highest BCUT2D eigenvalue weighted by Crippen LogP contribution is 2.29. The maximum absolute atomic E-state index is 12.4. The van der Waals surface area contributed by atoms with Gasteiger partial charge in [0.05, 0.1) is 36.0 Å². The van der Waals surface area contributed by atoms with E-state index < -0.39 is 16.8 Å². The molecule has 0 radical (unpaired) electrons. The number of benzene rings is 2. The molecule has 2 N–H and O–H groups in total. The van der Waals surface area contributed by atoms with Crippen molar-refractivity contribution in [3.05, 3.63) is 69.9 Å². The minimum Gasteiger partial charge on any atom is -0.494 e. The first-order chi connectivity index (χ1) is 14.4. The molecule has 0 spiro atoms. The largest absolute Gasteiger partial charge is 0.494 e. The van der Waals surface area contributed by atoms with Crippen LogP contribution in [0.3, 0.4) is 0 Å². The first-order valence-corrected chi connectivity index (χ1v) is 8.67. The highest BCUT2D eigenvalue weighted by atomic mass is 16.6. The van der Waals surface area contributed by atoms with Crippen molar-refractivity contribution in [2.24, 2.45) is 0 Å². The van der Waals surface area contributed by atoms with Crippen molar-refractivity contribution in [3.8, 4) is 11.8 Å². The number of carbonyl (C=O) groups excluding carboxylic acids is 2. The van der Waals surface area contributed by atoms with Crippen LogP contribution in [-0.2, 0) is 9.53 Å². The summed E-state index contributed by atoms with van der Waals surface area (Å²) in [5.74, 6) is -1.11. The molecule has 0 unspecified atom stereocenters. The first-order valence-electron chi connectivity index (χ1n) is 8.67. The van der Waals surface area contributed by atoms with Gasteiger partial charge in [0.2, 0.25) is 0 Å². The molecule has 10 heteroatoms. The fourth-order valence-corrected chi connectivity index (χ4v) is 2.31. The summed E-state index contributed by atoms with van der Waals surface area (Å²) in [7, 11) is 1.30. The van der Waals surface area contributed by atoms with Crippen LogP contribution in [0.25, 0.3) is 0 Å². The summed E-state index contributed by atoms with van der Waals surface area (Å²) in [6, 6.07) is 11.7. The van der Waals surface area contributed by atoms with Gasteiger partial charge >= 0.3 is 5.97 Å². The van der Waals surface area contributed by atoms with Crippen LogP contribution < -0.4 is 15.4 Å². The van der Waals surface area contributed by atoms with Crippen LogP contribution in [-0.4, -0.2) is 30.5 Å². The van der Waals surface area contributed by atoms with Gasteiger partial charge in [-0.15, -0.1) is 0 Å². The third kappa shape index (κ3) is 5.56. The summed E-state index contributed by atoms with van der Waals surface area (Å²) in [4.78, 5) is 34.3. The highest BCUT2D eigenvalue weighted by Gasteiger charge is 2.16. The molecule has 0 saturated carbocycles. The van der Waals surface area contributed by atoms with Crippen molar-refractivity contribution in [1.29, 1.82) is 5.26 Å². The molecule has 2 aromatic carbocycles. The molecule has 0 saturated heterocycles. The molecule has 0 atom stereocenters. The van der Waals surface area contributed by atoms with E-state index in [1.807, 2.05) is 0 Å². The molecule has 0 aliphatic carbocycles. The average molecular weight is 410 g/mol. The van der Waals surface area contributed by atoms with Crippen LogP contribution in [0.2, 0.25) is 0 Å². The Morgan fingerprint density at radius 1 is 1.23 bits per heavy atom. The van der Waals surface area contributed by atoms with Crippen molar-refractivity contribution in [3.63, 3.8) is 0 Å². The van der Waals surface area contributed by atoms with Crippen molar-refractivity contribution >= 4 is 28.9 Å². The molecule has 0 aliphatic heterocycles. The Labute approximate surface area is 171 Å². The Bertz CT molecular complexity index is 1020. The van der Waals surface area contributed by atoms with E-state index in [-0.39, 0.29) is 29.3 Å². The molecule has 30 heavy (non-hydrogen) atoms. The lowest BCUT2D eigenvalue weighted by atomic mass is 10.2. The minimum atomic E-state index is -0.736. The van der Waals surface area contributed by atoms with Gasteiger partial charge in [0.1, 0.15) is 17.4 Å². The predicted molar refractivity (Wildman–Crippen MR) is 108 cm³/mol. The van der Waals surface area contributed by atoms with Crippen LogP contribution in [0.1, 0.15) is 17.3 Å². The van der Waals surface area contributed by atoms with E-state index in [0.717, 1.165) is 6.07 Å². The van der Waals surface area contributed by atoms with Gasteiger partial charge in [0, 0.05) is 18.0 Å². The van der Waals surface area contributed by atoms with Gasteiger partial charge in [-0.1, -0.05) is 0 Å². The fourth-order valence-electron chi connectivity index (χ4n) is 2.31. The number of methoxy groups -OCH3 is 1. The molecule has 2 aromatic rings. The predicted octanol–water partition coefficient (Wildman–Crippen LogP) is 3.24. The van der Waals surface area contributed by atoms with E-state index in [1.54, 1.807) is 37.3 Å². The van der Waals surface area contributed by atoms with Crippen molar-refractivity contribution in [2.45, 2.75) is 6.92 Å². The number of nitriles is 1. The summed E-state index contributed by atoms with van der Waals surface area (Å²) >= 11 is 0. The summed E-state index contributed by atoms with van der Waals surface area (Å²) in [5.41, 5.74) is 0.637. The SMILES string of the molecule is CCOC(=O)c1ccc(N/C=C(/C#N)C(=O)Nc2ccc([N+](=O)[O-])cc2OC)cc1. The van der Waals surface area contributed by atoms with Crippen LogP contribution in [0.5, 0.6) is 5.75 Å². The number of anilines is 2. The number of ether oxygens (including phenoxy) is 2. The molecule has 10 nitrogen and oxygen atoms in total. The van der Waals surface area contributed by atoms with Crippen molar-refractivity contribution in [2.75, 3.05) is 24.4 Å². The zero-order valence-corrected chi connectivity index (χ0v) is 16.2. The Kier molecular flexibility index (Phi) is 7.47. The Morgan fingerprint density at radius 3 is 2.50 bits per heavy atom. The van der Waals surface area contributed by atoms with Gasteiger partial charge in [0.15, 0.2) is 0 Å². The number of hydrogen-bond donors (Lipinski definition) is 2. The maximum atomic E-state index is 12.4. The molecule has 0 bridgehead atoms. The molecule has 0 heterocycles. The Morgan fingerprint density at radius 2 is 1.93 bits per heavy atom. The monoisotopic (exact) mass is 410 g/mol. The second-order valence-electron chi connectivity index (χ2n) is 5.71. The molecule has 0 aliphatic rings. The second-order valence-corrected chi connectivity index (χ2v) is 5.71. The molecule has 154 valence electrons. The van der Waals surface area contributed by atoms with Crippen LogP contribution >= 0.6 is 0 Å².